The van der Waals surface area contributed by atoms with E-state index in [0.717, 1.165) is 0 Å². The molecule has 1 aromatic carbocycles. The summed E-state index contributed by atoms with van der Waals surface area (Å²) in [5.74, 6) is -1.31. The number of carbonyl (C=O) groups excluding carboxylic acids is 2. The highest BCUT2D eigenvalue weighted by Crippen LogP contribution is 2.06. The number of rotatable bonds is 3. The van der Waals surface area contributed by atoms with Crippen LogP contribution in [0.15, 0.2) is 30.3 Å². The maximum absolute atomic E-state index is 11.2. The summed E-state index contributed by atoms with van der Waals surface area (Å²) in [4.78, 5) is 22.3. The van der Waals surface area contributed by atoms with Crippen LogP contribution in [0.2, 0.25) is 0 Å². The largest absolute Gasteiger partial charge is 0.319 e. The van der Waals surface area contributed by atoms with E-state index >= 15 is 0 Å². The molecule has 0 heterocycles. The predicted octanol–water partition coefficient (Wildman–Crippen LogP) is 1.82. The van der Waals surface area contributed by atoms with Crippen LogP contribution in [0.1, 0.15) is 6.92 Å². The molecule has 0 aliphatic carbocycles. The van der Waals surface area contributed by atoms with Gasteiger partial charge in [0.2, 0.25) is 5.78 Å². The molecule has 74 valence electrons. The van der Waals surface area contributed by atoms with E-state index in [4.69, 9.17) is 11.6 Å². The molecule has 0 radical (unpaired) electrons. The van der Waals surface area contributed by atoms with Gasteiger partial charge < -0.3 is 5.32 Å². The average Bonchev–Trinajstić information content (AvgIpc) is 2.18. The number of amides is 1. The minimum Gasteiger partial charge on any atom is -0.319 e. The van der Waals surface area contributed by atoms with Gasteiger partial charge in [0.1, 0.15) is 0 Å². The van der Waals surface area contributed by atoms with Crippen LogP contribution in [-0.4, -0.2) is 17.1 Å². The highest BCUT2D eigenvalue weighted by atomic mass is 35.5. The molecule has 0 saturated carbocycles. The first-order valence-corrected chi connectivity index (χ1v) is 4.59. The van der Waals surface area contributed by atoms with Crippen molar-refractivity contribution in [2.75, 3.05) is 5.32 Å². The second kappa shape index (κ2) is 4.77. The summed E-state index contributed by atoms with van der Waals surface area (Å²) < 4.78 is 0. The number of hydrogen-bond acceptors (Lipinski definition) is 2. The molecular weight excluding hydrogens is 202 g/mol. The summed E-state index contributed by atoms with van der Waals surface area (Å²) in [5, 5.41) is 1.66. The van der Waals surface area contributed by atoms with E-state index in [1.54, 1.807) is 24.3 Å². The molecule has 3 nitrogen and oxygen atoms in total. The van der Waals surface area contributed by atoms with Gasteiger partial charge in [-0.25, -0.2) is 0 Å². The van der Waals surface area contributed by atoms with E-state index in [-0.39, 0.29) is 0 Å². The zero-order valence-corrected chi connectivity index (χ0v) is 8.41. The van der Waals surface area contributed by atoms with Gasteiger partial charge in [0, 0.05) is 5.69 Å². The van der Waals surface area contributed by atoms with Crippen molar-refractivity contribution in [1.29, 1.82) is 0 Å². The summed E-state index contributed by atoms with van der Waals surface area (Å²) in [6.07, 6.45) is 0. The van der Waals surface area contributed by atoms with Gasteiger partial charge in [0.15, 0.2) is 0 Å². The fourth-order valence-corrected chi connectivity index (χ4v) is 0.994. The van der Waals surface area contributed by atoms with Gasteiger partial charge in [-0.15, -0.1) is 11.6 Å². The molecule has 1 rings (SSSR count). The van der Waals surface area contributed by atoms with Gasteiger partial charge in [-0.1, -0.05) is 18.2 Å². The number of Topliss-reactive ketones (excluding diaryl/α,β-unsaturated/α-hetero) is 1. The lowest BCUT2D eigenvalue weighted by atomic mass is 10.2. The Bertz CT molecular complexity index is 335. The van der Waals surface area contributed by atoms with Crippen LogP contribution in [0.3, 0.4) is 0 Å². The third-order valence-electron chi connectivity index (χ3n) is 1.62. The molecule has 0 spiro atoms. The average molecular weight is 212 g/mol. The summed E-state index contributed by atoms with van der Waals surface area (Å²) in [6.45, 7) is 1.47. The molecule has 1 atom stereocenters. The minimum absolute atomic E-state index is 0.586. The smallest absolute Gasteiger partial charge is 0.293 e. The van der Waals surface area contributed by atoms with Crippen molar-refractivity contribution < 1.29 is 9.59 Å². The number of carbonyl (C=O) groups is 2. The first kappa shape index (κ1) is 10.7. The number of hydrogen-bond donors (Lipinski definition) is 1. The lowest BCUT2D eigenvalue weighted by Gasteiger charge is -2.04. The second-order valence-electron chi connectivity index (χ2n) is 2.80. The van der Waals surface area contributed by atoms with E-state index in [0.29, 0.717) is 5.69 Å². The number of halogens is 1. The lowest BCUT2D eigenvalue weighted by Crippen LogP contribution is -2.28. The van der Waals surface area contributed by atoms with Crippen molar-refractivity contribution in [2.45, 2.75) is 12.3 Å². The number of anilines is 1. The zero-order chi connectivity index (χ0) is 10.6. The number of alkyl halides is 1. The number of para-hydroxylation sites is 1. The maximum Gasteiger partial charge on any atom is 0.293 e. The molecule has 0 aliphatic rings. The first-order valence-electron chi connectivity index (χ1n) is 4.15. The van der Waals surface area contributed by atoms with Gasteiger partial charge in [-0.3, -0.25) is 9.59 Å². The molecule has 1 aromatic rings. The monoisotopic (exact) mass is 211 g/mol. The highest BCUT2D eigenvalue weighted by molar-refractivity contribution is 6.51. The summed E-state index contributed by atoms with van der Waals surface area (Å²) in [5.41, 5.74) is 0.586. The predicted molar refractivity (Wildman–Crippen MR) is 55.4 cm³/mol. The third-order valence-corrected chi connectivity index (χ3v) is 1.81. The van der Waals surface area contributed by atoms with E-state index in [1.165, 1.54) is 6.92 Å². The maximum atomic E-state index is 11.2. The fourth-order valence-electron chi connectivity index (χ4n) is 0.895. The molecule has 1 unspecified atom stereocenters. The van der Waals surface area contributed by atoms with Crippen LogP contribution in [0.4, 0.5) is 5.69 Å². The Morgan fingerprint density at radius 3 is 2.36 bits per heavy atom. The quantitative estimate of drug-likeness (QED) is 0.613. The van der Waals surface area contributed by atoms with Crippen LogP contribution < -0.4 is 5.32 Å². The van der Waals surface area contributed by atoms with Gasteiger partial charge >= 0.3 is 0 Å². The first-order chi connectivity index (χ1) is 6.61. The van der Waals surface area contributed by atoms with Crippen molar-refractivity contribution in [3.05, 3.63) is 30.3 Å². The summed E-state index contributed by atoms with van der Waals surface area (Å²) in [6, 6.07) is 8.75. The molecule has 4 heteroatoms. The summed E-state index contributed by atoms with van der Waals surface area (Å²) in [7, 11) is 0. The number of nitrogens with one attached hydrogen (secondary N) is 1. The Kier molecular flexibility index (Phi) is 3.65. The molecule has 0 saturated heterocycles. The second-order valence-corrected chi connectivity index (χ2v) is 3.46. The lowest BCUT2D eigenvalue weighted by molar-refractivity contribution is -0.134. The normalized spacial score (nSPS) is 11.9. The number of ketones is 1. The molecular formula is C10H10ClNO2. The molecule has 14 heavy (non-hydrogen) atoms. The van der Waals surface area contributed by atoms with E-state index in [9.17, 15) is 9.59 Å². The van der Waals surface area contributed by atoms with Crippen molar-refractivity contribution >= 4 is 29.0 Å². The van der Waals surface area contributed by atoms with Gasteiger partial charge in [0.05, 0.1) is 5.38 Å². The van der Waals surface area contributed by atoms with Crippen molar-refractivity contribution in [3.8, 4) is 0 Å². The van der Waals surface area contributed by atoms with Crippen LogP contribution in [0.5, 0.6) is 0 Å². The molecule has 1 N–H and O–H groups in total. The molecule has 0 aliphatic heterocycles. The Morgan fingerprint density at radius 2 is 1.86 bits per heavy atom. The Labute approximate surface area is 87.1 Å². The Hall–Kier alpha value is -1.35. The Balaban J connectivity index is 2.63. The van der Waals surface area contributed by atoms with Gasteiger partial charge in [-0.05, 0) is 19.1 Å². The number of benzene rings is 1. The highest BCUT2D eigenvalue weighted by Gasteiger charge is 2.18. The Morgan fingerprint density at radius 1 is 1.29 bits per heavy atom. The molecule has 1 amide bonds. The van der Waals surface area contributed by atoms with Crippen molar-refractivity contribution in [2.24, 2.45) is 0 Å². The van der Waals surface area contributed by atoms with Crippen LogP contribution in [0.25, 0.3) is 0 Å². The van der Waals surface area contributed by atoms with E-state index < -0.39 is 17.1 Å². The molecule has 0 bridgehead atoms. The minimum atomic E-state index is -0.793. The molecule has 0 aromatic heterocycles. The standard InChI is InChI=1S/C10H10ClNO2/c1-7(11)9(13)10(14)12-8-5-3-2-4-6-8/h2-7H,1H3,(H,12,14). The van der Waals surface area contributed by atoms with Gasteiger partial charge in [-0.2, -0.15) is 0 Å². The third kappa shape index (κ3) is 2.85. The fraction of sp³-hybridized carbons (Fsp3) is 0.200. The van der Waals surface area contributed by atoms with E-state index in [2.05, 4.69) is 5.32 Å². The van der Waals surface area contributed by atoms with Crippen LogP contribution in [-0.2, 0) is 9.59 Å². The van der Waals surface area contributed by atoms with Crippen molar-refractivity contribution in [1.82, 2.24) is 0 Å². The van der Waals surface area contributed by atoms with Crippen LogP contribution in [0, 0.1) is 0 Å². The van der Waals surface area contributed by atoms with E-state index in [1.807, 2.05) is 6.07 Å². The zero-order valence-electron chi connectivity index (χ0n) is 7.66. The SMILES string of the molecule is CC(Cl)C(=O)C(=O)Nc1ccccc1. The topological polar surface area (TPSA) is 46.2 Å². The van der Waals surface area contributed by atoms with Gasteiger partial charge in [0.25, 0.3) is 5.91 Å². The van der Waals surface area contributed by atoms with Crippen LogP contribution >= 0.6 is 11.6 Å². The van der Waals surface area contributed by atoms with Crippen molar-refractivity contribution in [3.63, 3.8) is 0 Å². The summed E-state index contributed by atoms with van der Waals surface area (Å²) >= 11 is 5.48. The molecule has 0 fully saturated rings.